The first-order valence-electron chi connectivity index (χ1n) is 9.57. The van der Waals surface area contributed by atoms with Crippen molar-refractivity contribution in [3.63, 3.8) is 0 Å². The Kier molecular flexibility index (Phi) is 4.05. The van der Waals surface area contributed by atoms with E-state index in [1.165, 1.54) is 16.5 Å². The molecule has 144 valence electrons. The molecule has 1 N–H and O–H groups in total. The fraction of sp³-hybridized carbons (Fsp3) is 0.174. The van der Waals surface area contributed by atoms with E-state index in [2.05, 4.69) is 33.8 Å². The summed E-state index contributed by atoms with van der Waals surface area (Å²) in [5, 5.41) is 13.7. The van der Waals surface area contributed by atoms with Crippen LogP contribution in [0.3, 0.4) is 0 Å². The van der Waals surface area contributed by atoms with Gasteiger partial charge < -0.3 is 10.1 Å². The summed E-state index contributed by atoms with van der Waals surface area (Å²) in [5.74, 6) is 0.498. The zero-order valence-corrected chi connectivity index (χ0v) is 16.3. The summed E-state index contributed by atoms with van der Waals surface area (Å²) in [6, 6.07) is 17.8. The Morgan fingerprint density at radius 2 is 1.79 bits per heavy atom. The highest BCUT2D eigenvalue weighted by Gasteiger charge is 2.20. The zero-order chi connectivity index (χ0) is 20.0. The summed E-state index contributed by atoms with van der Waals surface area (Å²) in [5.41, 5.74) is 5.30. The number of methoxy groups -OCH3 is 1. The normalized spacial score (nSPS) is 12.3. The third-order valence-corrected chi connectivity index (χ3v) is 5.55. The summed E-state index contributed by atoms with van der Waals surface area (Å²) in [6.45, 7) is 1.84. The van der Waals surface area contributed by atoms with Crippen molar-refractivity contribution < 1.29 is 9.53 Å². The highest BCUT2D eigenvalue weighted by molar-refractivity contribution is 6.10. The van der Waals surface area contributed by atoms with Crippen LogP contribution in [0.1, 0.15) is 27.3 Å². The van der Waals surface area contributed by atoms with Gasteiger partial charge in [0.05, 0.1) is 18.5 Å². The monoisotopic (exact) mass is 384 g/mol. The summed E-state index contributed by atoms with van der Waals surface area (Å²) >= 11 is 0. The van der Waals surface area contributed by atoms with Crippen LogP contribution in [0.4, 0.5) is 5.69 Å². The van der Waals surface area contributed by atoms with E-state index in [1.54, 1.807) is 11.8 Å². The average Bonchev–Trinajstić information content (AvgIpc) is 3.35. The second-order valence-corrected chi connectivity index (χ2v) is 7.20. The van der Waals surface area contributed by atoms with Crippen LogP contribution in [0.5, 0.6) is 5.75 Å². The first-order valence-corrected chi connectivity index (χ1v) is 9.57. The van der Waals surface area contributed by atoms with Gasteiger partial charge in [0.15, 0.2) is 5.69 Å². The van der Waals surface area contributed by atoms with Gasteiger partial charge in [-0.25, -0.2) is 4.68 Å². The average molecular weight is 384 g/mol. The van der Waals surface area contributed by atoms with Crippen molar-refractivity contribution in [1.29, 1.82) is 0 Å². The van der Waals surface area contributed by atoms with Crippen LogP contribution in [0.2, 0.25) is 0 Å². The van der Waals surface area contributed by atoms with Crippen LogP contribution in [-0.2, 0) is 12.8 Å². The van der Waals surface area contributed by atoms with Crippen molar-refractivity contribution in [3.05, 3.63) is 77.1 Å². The first-order chi connectivity index (χ1) is 14.2. The van der Waals surface area contributed by atoms with Crippen LogP contribution >= 0.6 is 0 Å². The molecular formula is C23H20N4O2. The third-order valence-electron chi connectivity index (χ3n) is 5.55. The number of aryl methyl sites for hydroxylation is 2. The second-order valence-electron chi connectivity index (χ2n) is 7.20. The van der Waals surface area contributed by atoms with Crippen molar-refractivity contribution in [2.24, 2.45) is 0 Å². The zero-order valence-electron chi connectivity index (χ0n) is 16.3. The molecule has 0 bridgehead atoms. The maximum Gasteiger partial charge on any atom is 0.278 e. The second kappa shape index (κ2) is 6.74. The van der Waals surface area contributed by atoms with E-state index in [1.807, 2.05) is 43.3 Å². The topological polar surface area (TPSA) is 69.0 Å². The maximum absolute atomic E-state index is 13.0. The molecule has 1 aromatic heterocycles. The van der Waals surface area contributed by atoms with Gasteiger partial charge in [0.2, 0.25) is 0 Å². The molecule has 0 radical (unpaired) electrons. The van der Waals surface area contributed by atoms with Crippen LogP contribution in [-0.4, -0.2) is 28.0 Å². The molecule has 0 saturated heterocycles. The van der Waals surface area contributed by atoms with Crippen LogP contribution < -0.4 is 10.1 Å². The molecule has 1 aliphatic rings. The molecule has 5 rings (SSSR count). The van der Waals surface area contributed by atoms with E-state index in [0.717, 1.165) is 35.4 Å². The number of anilines is 1. The molecule has 0 saturated carbocycles. The molecule has 1 heterocycles. The fourth-order valence-corrected chi connectivity index (χ4v) is 4.04. The molecule has 0 spiro atoms. The molecule has 0 aliphatic heterocycles. The van der Waals surface area contributed by atoms with E-state index in [4.69, 9.17) is 4.74 Å². The molecule has 29 heavy (non-hydrogen) atoms. The van der Waals surface area contributed by atoms with Crippen molar-refractivity contribution in [1.82, 2.24) is 15.0 Å². The third kappa shape index (κ3) is 2.84. The van der Waals surface area contributed by atoms with Gasteiger partial charge in [0.1, 0.15) is 5.75 Å². The maximum atomic E-state index is 13.0. The van der Waals surface area contributed by atoms with Crippen molar-refractivity contribution in [2.45, 2.75) is 19.8 Å². The molecular weight excluding hydrogens is 364 g/mol. The summed E-state index contributed by atoms with van der Waals surface area (Å²) < 4.78 is 6.85. The Morgan fingerprint density at radius 1 is 1.03 bits per heavy atom. The quantitative estimate of drug-likeness (QED) is 0.575. The number of hydrogen-bond acceptors (Lipinski definition) is 4. The summed E-state index contributed by atoms with van der Waals surface area (Å²) in [7, 11) is 1.62. The predicted molar refractivity (Wildman–Crippen MR) is 112 cm³/mol. The summed E-state index contributed by atoms with van der Waals surface area (Å²) in [6.07, 6.45) is 2.11. The number of aromatic nitrogens is 3. The molecule has 0 atom stereocenters. The minimum Gasteiger partial charge on any atom is -0.497 e. The van der Waals surface area contributed by atoms with Crippen LogP contribution in [0.15, 0.2) is 54.6 Å². The van der Waals surface area contributed by atoms with Gasteiger partial charge in [-0.15, -0.1) is 5.10 Å². The van der Waals surface area contributed by atoms with Gasteiger partial charge in [-0.3, -0.25) is 4.79 Å². The van der Waals surface area contributed by atoms with Crippen LogP contribution in [0.25, 0.3) is 16.5 Å². The molecule has 4 aromatic rings. The fourth-order valence-electron chi connectivity index (χ4n) is 4.04. The van der Waals surface area contributed by atoms with E-state index >= 15 is 0 Å². The molecule has 1 amide bonds. The molecule has 6 heteroatoms. The van der Waals surface area contributed by atoms with E-state index < -0.39 is 0 Å². The van der Waals surface area contributed by atoms with E-state index in [0.29, 0.717) is 11.4 Å². The number of carbonyl (C=O) groups excluding carboxylic acids is 1. The van der Waals surface area contributed by atoms with Crippen molar-refractivity contribution >= 4 is 22.4 Å². The predicted octanol–water partition coefficient (Wildman–Crippen LogP) is 4.09. The number of amides is 1. The molecule has 3 aromatic carbocycles. The Hall–Kier alpha value is -3.67. The van der Waals surface area contributed by atoms with Gasteiger partial charge in [-0.05, 0) is 66.6 Å². The van der Waals surface area contributed by atoms with Gasteiger partial charge in [-0.1, -0.05) is 29.5 Å². The number of nitrogens with zero attached hydrogens (tertiary/aromatic N) is 3. The van der Waals surface area contributed by atoms with E-state index in [9.17, 15) is 4.79 Å². The SMILES string of the molecule is COc1ccc(-n2nnc(C(=O)Nc3ccc4c5c(cccc35)CC4)c2C)cc1. The number of nitrogens with one attached hydrogen (secondary N) is 1. The minimum atomic E-state index is -0.263. The molecule has 1 aliphatic carbocycles. The Labute approximate surface area is 168 Å². The molecule has 6 nitrogen and oxygen atoms in total. The largest absolute Gasteiger partial charge is 0.497 e. The molecule has 0 unspecified atom stereocenters. The number of carbonyl (C=O) groups is 1. The van der Waals surface area contributed by atoms with Crippen LogP contribution in [0, 0.1) is 6.92 Å². The number of rotatable bonds is 4. The smallest absolute Gasteiger partial charge is 0.278 e. The highest BCUT2D eigenvalue weighted by atomic mass is 16.5. The first kappa shape index (κ1) is 17.4. The highest BCUT2D eigenvalue weighted by Crippen LogP contribution is 2.35. The van der Waals surface area contributed by atoms with E-state index in [-0.39, 0.29) is 5.91 Å². The standard InChI is InChI=1S/C23H20N4O2/c1-14-22(25-26-27(14)17-9-11-18(29-2)12-10-17)23(28)24-20-13-8-16-7-6-15-4-3-5-19(20)21(15)16/h3-5,8-13H,6-7H2,1-2H3,(H,24,28). The van der Waals surface area contributed by atoms with Crippen molar-refractivity contribution in [3.8, 4) is 11.4 Å². The molecule has 0 fully saturated rings. The lowest BCUT2D eigenvalue weighted by Crippen LogP contribution is -2.14. The Balaban J connectivity index is 1.47. The van der Waals surface area contributed by atoms with Gasteiger partial charge >= 0.3 is 0 Å². The van der Waals surface area contributed by atoms with Gasteiger partial charge in [0, 0.05) is 11.1 Å². The number of hydrogen-bond donors (Lipinski definition) is 1. The lowest BCUT2D eigenvalue weighted by molar-refractivity contribution is 0.102. The number of benzene rings is 3. The minimum absolute atomic E-state index is 0.263. The lowest BCUT2D eigenvalue weighted by atomic mass is 10.0. The number of ether oxygens (including phenoxy) is 1. The summed E-state index contributed by atoms with van der Waals surface area (Å²) in [4.78, 5) is 13.0. The van der Waals surface area contributed by atoms with Gasteiger partial charge in [0.25, 0.3) is 5.91 Å². The van der Waals surface area contributed by atoms with Gasteiger partial charge in [-0.2, -0.15) is 0 Å². The Morgan fingerprint density at radius 3 is 2.55 bits per heavy atom. The van der Waals surface area contributed by atoms with Crippen molar-refractivity contribution in [2.75, 3.05) is 12.4 Å². The lowest BCUT2D eigenvalue weighted by Gasteiger charge is -2.10. The Bertz CT molecular complexity index is 1230.